The summed E-state index contributed by atoms with van der Waals surface area (Å²) in [5.74, 6) is 0.119. The quantitative estimate of drug-likeness (QED) is 0.514. The molecule has 0 amide bonds. The molecule has 0 heterocycles. The average Bonchev–Trinajstić information content (AvgIpc) is 2.49. The SMILES string of the molecule is CCOC(=O)[C@H](C)OP(=O)(CCN)Oc1ccccc1OCC. The standard InChI is InChI=1S/C15H24NO6P/c1-4-19-13-8-6-7-9-14(13)22-23(18,11-10-16)21-12(3)15(17)20-5-2/h6-9,12H,4-5,10-11,16H2,1-3H3/t12-,23?/m0/s1. The first-order valence-electron chi connectivity index (χ1n) is 7.51. The number of para-hydroxylation sites is 2. The van der Waals surface area contributed by atoms with Crippen LogP contribution in [-0.4, -0.2) is 38.0 Å². The number of carbonyl (C=O) groups is 1. The van der Waals surface area contributed by atoms with Crippen molar-refractivity contribution in [1.29, 1.82) is 0 Å². The molecule has 0 radical (unpaired) electrons. The monoisotopic (exact) mass is 345 g/mol. The maximum absolute atomic E-state index is 12.9. The predicted molar refractivity (Wildman–Crippen MR) is 86.9 cm³/mol. The molecular weight excluding hydrogens is 321 g/mol. The van der Waals surface area contributed by atoms with Gasteiger partial charge >= 0.3 is 13.6 Å². The van der Waals surface area contributed by atoms with Crippen LogP contribution < -0.4 is 15.0 Å². The number of rotatable bonds is 10. The van der Waals surface area contributed by atoms with E-state index in [4.69, 9.17) is 24.3 Å². The van der Waals surface area contributed by atoms with E-state index in [1.807, 2.05) is 6.92 Å². The molecule has 0 aromatic heterocycles. The van der Waals surface area contributed by atoms with Crippen LogP contribution in [0.1, 0.15) is 20.8 Å². The lowest BCUT2D eigenvalue weighted by molar-refractivity contribution is -0.150. The van der Waals surface area contributed by atoms with E-state index in [0.29, 0.717) is 12.4 Å². The Labute approximate surface area is 136 Å². The molecule has 0 aliphatic heterocycles. The zero-order chi connectivity index (χ0) is 17.3. The van der Waals surface area contributed by atoms with Gasteiger partial charge in [-0.2, -0.15) is 0 Å². The Morgan fingerprint density at radius 3 is 2.43 bits per heavy atom. The van der Waals surface area contributed by atoms with Gasteiger partial charge in [0.15, 0.2) is 17.6 Å². The van der Waals surface area contributed by atoms with E-state index in [0.717, 1.165) is 0 Å². The van der Waals surface area contributed by atoms with E-state index in [1.165, 1.54) is 6.92 Å². The van der Waals surface area contributed by atoms with E-state index in [9.17, 15) is 9.36 Å². The van der Waals surface area contributed by atoms with Gasteiger partial charge in [0.1, 0.15) is 0 Å². The summed E-state index contributed by atoms with van der Waals surface area (Å²) in [5.41, 5.74) is 5.50. The Morgan fingerprint density at radius 2 is 1.87 bits per heavy atom. The largest absolute Gasteiger partial charge is 0.490 e. The summed E-state index contributed by atoms with van der Waals surface area (Å²) in [6.07, 6.45) is -1.05. The maximum Gasteiger partial charge on any atom is 0.381 e. The van der Waals surface area contributed by atoms with Gasteiger partial charge in [0.2, 0.25) is 0 Å². The fraction of sp³-hybridized carbons (Fsp3) is 0.533. The van der Waals surface area contributed by atoms with Gasteiger partial charge in [-0.05, 0) is 32.9 Å². The maximum atomic E-state index is 12.9. The number of hydrogen-bond acceptors (Lipinski definition) is 7. The number of nitrogens with two attached hydrogens (primary N) is 1. The molecule has 2 N–H and O–H groups in total. The highest BCUT2D eigenvalue weighted by Gasteiger charge is 2.32. The fourth-order valence-electron chi connectivity index (χ4n) is 1.77. The second-order valence-electron chi connectivity index (χ2n) is 4.59. The third-order valence-corrected chi connectivity index (χ3v) is 4.64. The Bertz CT molecular complexity index is 551. The minimum Gasteiger partial charge on any atom is -0.490 e. The van der Waals surface area contributed by atoms with Gasteiger partial charge in [0, 0.05) is 6.54 Å². The zero-order valence-corrected chi connectivity index (χ0v) is 14.6. The third kappa shape index (κ3) is 6.22. The first-order valence-corrected chi connectivity index (χ1v) is 9.24. The van der Waals surface area contributed by atoms with Crippen LogP contribution in [0.3, 0.4) is 0 Å². The summed E-state index contributed by atoms with van der Waals surface area (Å²) >= 11 is 0. The number of esters is 1. The van der Waals surface area contributed by atoms with Gasteiger partial charge in [-0.15, -0.1) is 0 Å². The molecule has 7 nitrogen and oxygen atoms in total. The zero-order valence-electron chi connectivity index (χ0n) is 13.7. The van der Waals surface area contributed by atoms with Gasteiger partial charge in [-0.1, -0.05) is 12.1 Å². The molecule has 8 heteroatoms. The molecule has 0 aliphatic rings. The smallest absolute Gasteiger partial charge is 0.381 e. The summed E-state index contributed by atoms with van der Waals surface area (Å²) in [6, 6.07) is 6.81. The summed E-state index contributed by atoms with van der Waals surface area (Å²) in [5, 5.41) is 0. The van der Waals surface area contributed by atoms with Gasteiger partial charge in [-0.25, -0.2) is 9.36 Å². The lowest BCUT2D eigenvalue weighted by Gasteiger charge is -2.22. The van der Waals surface area contributed by atoms with Crippen LogP contribution in [0.25, 0.3) is 0 Å². The van der Waals surface area contributed by atoms with Crippen LogP contribution in [0.15, 0.2) is 24.3 Å². The second-order valence-corrected chi connectivity index (χ2v) is 6.66. The van der Waals surface area contributed by atoms with E-state index in [2.05, 4.69) is 0 Å². The molecule has 0 saturated carbocycles. The molecule has 1 aromatic rings. The van der Waals surface area contributed by atoms with Crippen molar-refractivity contribution >= 4 is 13.6 Å². The first-order chi connectivity index (χ1) is 11.0. The molecule has 0 saturated heterocycles. The normalized spacial score (nSPS) is 14.6. The summed E-state index contributed by atoms with van der Waals surface area (Å²) < 4.78 is 34.0. The summed E-state index contributed by atoms with van der Waals surface area (Å²) in [4.78, 5) is 11.7. The molecule has 0 bridgehead atoms. The molecule has 2 atom stereocenters. The van der Waals surface area contributed by atoms with Gasteiger partial charge in [0.25, 0.3) is 0 Å². The lowest BCUT2D eigenvalue weighted by Crippen LogP contribution is -2.25. The van der Waals surface area contributed by atoms with Crippen molar-refractivity contribution in [3.63, 3.8) is 0 Å². The van der Waals surface area contributed by atoms with E-state index in [1.54, 1.807) is 31.2 Å². The van der Waals surface area contributed by atoms with E-state index in [-0.39, 0.29) is 25.1 Å². The second kappa shape index (κ2) is 9.55. The van der Waals surface area contributed by atoms with E-state index >= 15 is 0 Å². The highest BCUT2D eigenvalue weighted by molar-refractivity contribution is 7.54. The molecule has 1 rings (SSSR count). The molecule has 23 heavy (non-hydrogen) atoms. The van der Waals surface area contributed by atoms with Crippen molar-refractivity contribution in [2.75, 3.05) is 25.9 Å². The molecule has 1 aromatic carbocycles. The Morgan fingerprint density at radius 1 is 1.22 bits per heavy atom. The van der Waals surface area contributed by atoms with Crippen molar-refractivity contribution in [3.8, 4) is 11.5 Å². The minimum atomic E-state index is -3.63. The number of carbonyl (C=O) groups excluding carboxylic acids is 1. The van der Waals surface area contributed by atoms with Crippen LogP contribution in [-0.2, 0) is 18.6 Å². The van der Waals surface area contributed by atoms with Crippen LogP contribution in [0, 0.1) is 0 Å². The number of ether oxygens (including phenoxy) is 2. The van der Waals surface area contributed by atoms with Gasteiger partial charge in [0.05, 0.1) is 19.4 Å². The highest BCUT2D eigenvalue weighted by atomic mass is 31.2. The minimum absolute atomic E-state index is 0.0306. The molecular formula is C15H24NO6P. The van der Waals surface area contributed by atoms with Crippen molar-refractivity contribution in [2.45, 2.75) is 26.9 Å². The summed E-state index contributed by atoms with van der Waals surface area (Å²) in [6.45, 7) is 5.69. The van der Waals surface area contributed by atoms with Crippen molar-refractivity contribution in [1.82, 2.24) is 0 Å². The van der Waals surface area contributed by atoms with Gasteiger partial charge < -0.3 is 19.7 Å². The van der Waals surface area contributed by atoms with Gasteiger partial charge in [-0.3, -0.25) is 4.52 Å². The molecule has 130 valence electrons. The Hall–Kier alpha value is -1.56. The first kappa shape index (κ1) is 19.5. The Balaban J connectivity index is 2.92. The number of benzene rings is 1. The van der Waals surface area contributed by atoms with E-state index < -0.39 is 19.7 Å². The van der Waals surface area contributed by atoms with Crippen molar-refractivity contribution in [3.05, 3.63) is 24.3 Å². The van der Waals surface area contributed by atoms with Crippen LogP contribution in [0.5, 0.6) is 11.5 Å². The topological polar surface area (TPSA) is 97.1 Å². The highest BCUT2D eigenvalue weighted by Crippen LogP contribution is 2.50. The van der Waals surface area contributed by atoms with Crippen LogP contribution in [0.2, 0.25) is 0 Å². The van der Waals surface area contributed by atoms with Crippen molar-refractivity contribution < 1.29 is 27.9 Å². The molecule has 0 aliphatic carbocycles. The third-order valence-electron chi connectivity index (χ3n) is 2.73. The Kier molecular flexibility index (Phi) is 8.09. The lowest BCUT2D eigenvalue weighted by atomic mass is 10.3. The molecule has 0 spiro atoms. The number of hydrogen-bond donors (Lipinski definition) is 1. The summed E-state index contributed by atoms with van der Waals surface area (Å²) in [7, 11) is -3.63. The molecule has 1 unspecified atom stereocenters. The fourth-order valence-corrected chi connectivity index (χ4v) is 3.35. The predicted octanol–water partition coefficient (Wildman–Crippen LogP) is 2.58. The van der Waals surface area contributed by atoms with Crippen LogP contribution in [0.4, 0.5) is 0 Å². The van der Waals surface area contributed by atoms with Crippen molar-refractivity contribution in [2.24, 2.45) is 5.73 Å². The molecule has 0 fully saturated rings. The average molecular weight is 345 g/mol. The van der Waals surface area contributed by atoms with Crippen LogP contribution >= 0.6 is 7.60 Å².